The zero-order valence-electron chi connectivity index (χ0n) is 10.7. The minimum atomic E-state index is -4.45. The molecule has 2 N–H and O–H groups in total. The van der Waals surface area contributed by atoms with Crippen molar-refractivity contribution in [2.75, 3.05) is 18.0 Å². The number of alkyl halides is 3. The van der Waals surface area contributed by atoms with Gasteiger partial charge in [0, 0.05) is 25.3 Å². The number of piperidine rings is 1. The Morgan fingerprint density at radius 2 is 2.21 bits per heavy atom. The van der Waals surface area contributed by atoms with E-state index in [0.29, 0.717) is 19.0 Å². The monoisotopic (exact) mass is 274 g/mol. The van der Waals surface area contributed by atoms with Crippen molar-refractivity contribution in [3.05, 3.63) is 18.0 Å². The molecule has 2 unspecified atom stereocenters. The van der Waals surface area contributed by atoms with Gasteiger partial charge in [-0.1, -0.05) is 6.92 Å². The van der Waals surface area contributed by atoms with Gasteiger partial charge in [-0.15, -0.1) is 0 Å². The van der Waals surface area contributed by atoms with E-state index in [2.05, 4.69) is 16.9 Å². The molecule has 0 amide bonds. The Kier molecular flexibility index (Phi) is 3.93. The van der Waals surface area contributed by atoms with Gasteiger partial charge in [-0.05, 0) is 24.8 Å². The van der Waals surface area contributed by atoms with E-state index in [4.69, 9.17) is 5.73 Å². The van der Waals surface area contributed by atoms with Crippen molar-refractivity contribution < 1.29 is 13.2 Å². The highest BCUT2D eigenvalue weighted by atomic mass is 19.4. The van der Waals surface area contributed by atoms with Crippen molar-refractivity contribution in [3.8, 4) is 0 Å². The maximum atomic E-state index is 12.7. The maximum absolute atomic E-state index is 12.7. The van der Waals surface area contributed by atoms with Crippen LogP contribution in [0.15, 0.2) is 12.3 Å². The van der Waals surface area contributed by atoms with Gasteiger partial charge in [0.1, 0.15) is 5.69 Å². The molecule has 2 rings (SSSR count). The SMILES string of the molecule is CC1CCCN(c2nccc(C(F)(F)F)n2)C1CN. The molecule has 2 atom stereocenters. The van der Waals surface area contributed by atoms with E-state index in [1.165, 1.54) is 0 Å². The van der Waals surface area contributed by atoms with Crippen molar-refractivity contribution in [2.45, 2.75) is 32.0 Å². The van der Waals surface area contributed by atoms with Crippen molar-refractivity contribution in [1.29, 1.82) is 0 Å². The highest BCUT2D eigenvalue weighted by Gasteiger charge is 2.35. The molecule has 0 radical (unpaired) electrons. The lowest BCUT2D eigenvalue weighted by Crippen LogP contribution is -2.49. The second-order valence-electron chi connectivity index (χ2n) is 4.86. The van der Waals surface area contributed by atoms with Gasteiger partial charge in [-0.25, -0.2) is 9.97 Å². The molecule has 1 aromatic rings. The summed E-state index contributed by atoms with van der Waals surface area (Å²) in [5.74, 6) is 0.453. The van der Waals surface area contributed by atoms with Crippen molar-refractivity contribution >= 4 is 5.95 Å². The lowest BCUT2D eigenvalue weighted by Gasteiger charge is -2.39. The average Bonchev–Trinajstić information content (AvgIpc) is 2.37. The first kappa shape index (κ1) is 14.0. The molecule has 1 aliphatic rings. The van der Waals surface area contributed by atoms with Crippen LogP contribution in [0.25, 0.3) is 0 Å². The summed E-state index contributed by atoms with van der Waals surface area (Å²) < 4.78 is 38.0. The third kappa shape index (κ3) is 2.97. The van der Waals surface area contributed by atoms with Gasteiger partial charge in [0.15, 0.2) is 0 Å². The van der Waals surface area contributed by atoms with Crippen LogP contribution in [0.1, 0.15) is 25.5 Å². The van der Waals surface area contributed by atoms with Gasteiger partial charge in [-0.3, -0.25) is 0 Å². The van der Waals surface area contributed by atoms with Crippen LogP contribution in [0.4, 0.5) is 19.1 Å². The van der Waals surface area contributed by atoms with Crippen molar-refractivity contribution in [1.82, 2.24) is 9.97 Å². The van der Waals surface area contributed by atoms with Crippen LogP contribution in [0, 0.1) is 5.92 Å². The third-order valence-electron chi connectivity index (χ3n) is 3.55. The van der Waals surface area contributed by atoms with Crippen LogP contribution in [0.5, 0.6) is 0 Å². The first-order chi connectivity index (χ1) is 8.93. The minimum Gasteiger partial charge on any atom is -0.336 e. The summed E-state index contributed by atoms with van der Waals surface area (Å²) >= 11 is 0. The highest BCUT2D eigenvalue weighted by Crippen LogP contribution is 2.30. The summed E-state index contributed by atoms with van der Waals surface area (Å²) in [6, 6.07) is 0.881. The van der Waals surface area contributed by atoms with E-state index in [1.54, 1.807) is 4.90 Å². The van der Waals surface area contributed by atoms with Gasteiger partial charge >= 0.3 is 6.18 Å². The van der Waals surface area contributed by atoms with E-state index < -0.39 is 11.9 Å². The molecule has 2 heterocycles. The third-order valence-corrected chi connectivity index (χ3v) is 3.55. The second kappa shape index (κ2) is 5.32. The first-order valence-corrected chi connectivity index (χ1v) is 6.30. The summed E-state index contributed by atoms with van der Waals surface area (Å²) in [4.78, 5) is 9.40. The summed E-state index contributed by atoms with van der Waals surface area (Å²) in [7, 11) is 0. The fourth-order valence-electron chi connectivity index (χ4n) is 2.50. The summed E-state index contributed by atoms with van der Waals surface area (Å²) in [6.07, 6.45) is -1.36. The average molecular weight is 274 g/mol. The molecule has 1 aromatic heterocycles. The van der Waals surface area contributed by atoms with E-state index in [-0.39, 0.29) is 12.0 Å². The van der Waals surface area contributed by atoms with Gasteiger partial charge in [0.05, 0.1) is 0 Å². The Hall–Kier alpha value is -1.37. The lowest BCUT2D eigenvalue weighted by atomic mass is 9.91. The number of nitrogens with zero attached hydrogens (tertiary/aromatic N) is 3. The van der Waals surface area contributed by atoms with Crippen LogP contribution in [-0.4, -0.2) is 29.1 Å². The summed E-state index contributed by atoms with van der Waals surface area (Å²) in [5.41, 5.74) is 4.82. The fraction of sp³-hybridized carbons (Fsp3) is 0.667. The number of hydrogen-bond acceptors (Lipinski definition) is 4. The minimum absolute atomic E-state index is 0.00256. The predicted molar refractivity (Wildman–Crippen MR) is 65.6 cm³/mol. The molecule has 0 aromatic carbocycles. The zero-order chi connectivity index (χ0) is 14.0. The normalized spacial score (nSPS) is 24.6. The number of rotatable bonds is 2. The van der Waals surface area contributed by atoms with E-state index in [9.17, 15) is 13.2 Å². The molecule has 7 heteroatoms. The maximum Gasteiger partial charge on any atom is 0.433 e. The molecule has 1 fully saturated rings. The highest BCUT2D eigenvalue weighted by molar-refractivity contribution is 5.34. The Morgan fingerprint density at radius 3 is 2.84 bits per heavy atom. The van der Waals surface area contributed by atoms with Gasteiger partial charge < -0.3 is 10.6 Å². The molecule has 1 aliphatic heterocycles. The predicted octanol–water partition coefficient (Wildman–Crippen LogP) is 2.06. The topological polar surface area (TPSA) is 55.0 Å². The summed E-state index contributed by atoms with van der Waals surface area (Å²) in [5, 5.41) is 0. The van der Waals surface area contributed by atoms with E-state index in [1.807, 2.05) is 0 Å². The lowest BCUT2D eigenvalue weighted by molar-refractivity contribution is -0.141. The van der Waals surface area contributed by atoms with Crippen LogP contribution in [0.2, 0.25) is 0 Å². The number of hydrogen-bond donors (Lipinski definition) is 1. The molecular weight excluding hydrogens is 257 g/mol. The van der Waals surface area contributed by atoms with E-state index in [0.717, 1.165) is 25.1 Å². The molecule has 0 bridgehead atoms. The van der Waals surface area contributed by atoms with Gasteiger partial charge in [0.2, 0.25) is 5.95 Å². The number of nitrogens with two attached hydrogens (primary N) is 1. The largest absolute Gasteiger partial charge is 0.433 e. The molecule has 106 valence electrons. The fourth-order valence-corrected chi connectivity index (χ4v) is 2.50. The second-order valence-corrected chi connectivity index (χ2v) is 4.86. The molecule has 0 aliphatic carbocycles. The van der Waals surface area contributed by atoms with Crippen LogP contribution >= 0.6 is 0 Å². The van der Waals surface area contributed by atoms with Gasteiger partial charge in [-0.2, -0.15) is 13.2 Å². The Morgan fingerprint density at radius 1 is 1.47 bits per heavy atom. The number of halogens is 3. The molecular formula is C12H17F3N4. The number of aromatic nitrogens is 2. The Balaban J connectivity index is 2.30. The molecule has 1 saturated heterocycles. The molecule has 19 heavy (non-hydrogen) atoms. The number of anilines is 1. The molecule has 4 nitrogen and oxygen atoms in total. The van der Waals surface area contributed by atoms with E-state index >= 15 is 0 Å². The smallest absolute Gasteiger partial charge is 0.336 e. The van der Waals surface area contributed by atoms with Crippen molar-refractivity contribution in [2.24, 2.45) is 11.7 Å². The zero-order valence-corrected chi connectivity index (χ0v) is 10.7. The molecule has 0 saturated carbocycles. The van der Waals surface area contributed by atoms with Gasteiger partial charge in [0.25, 0.3) is 0 Å². The molecule has 0 spiro atoms. The summed E-state index contributed by atoms with van der Waals surface area (Å²) in [6.45, 7) is 3.09. The quantitative estimate of drug-likeness (QED) is 0.897. The van der Waals surface area contributed by atoms with Crippen molar-refractivity contribution in [3.63, 3.8) is 0 Å². The van der Waals surface area contributed by atoms with Crippen LogP contribution < -0.4 is 10.6 Å². The standard InChI is InChI=1S/C12H17F3N4/c1-8-3-2-6-19(9(8)7-16)11-17-5-4-10(18-11)12(13,14)15/h4-5,8-9H,2-3,6-7,16H2,1H3. The Bertz CT molecular complexity index is 435. The van der Waals surface area contributed by atoms with Crippen LogP contribution in [0.3, 0.4) is 0 Å². The Labute approximate surface area is 109 Å². The van der Waals surface area contributed by atoms with Crippen LogP contribution in [-0.2, 0) is 6.18 Å². The first-order valence-electron chi connectivity index (χ1n) is 6.30.